The van der Waals surface area contributed by atoms with Crippen LogP contribution in [0.5, 0.6) is 0 Å². The minimum atomic E-state index is 0.224. The fourth-order valence-electron chi connectivity index (χ4n) is 4.24. The predicted molar refractivity (Wildman–Crippen MR) is 188 cm³/mol. The minimum absolute atomic E-state index is 0.224. The molecule has 3 nitrogen and oxygen atoms in total. The number of allylic oxidation sites excluding steroid dienone is 3. The number of ketones is 1. The second-order valence-electron chi connectivity index (χ2n) is 10.9. The first-order valence-electron chi connectivity index (χ1n) is 14.9. The summed E-state index contributed by atoms with van der Waals surface area (Å²) in [6.07, 6.45) is 4.66. The monoisotopic (exact) mass is 568 g/mol. The van der Waals surface area contributed by atoms with Gasteiger partial charge in [-0.05, 0) is 127 Å². The van der Waals surface area contributed by atoms with E-state index in [1.165, 1.54) is 39.2 Å². The number of nitrogens with one attached hydrogen (secondary N) is 1. The molecule has 0 atom stereocenters. The molecule has 3 aromatic rings. The van der Waals surface area contributed by atoms with E-state index in [0.29, 0.717) is 0 Å². The lowest BCUT2D eigenvalue weighted by atomic mass is 10.0. The molecule has 0 aromatic heterocycles. The predicted octanol–water partition coefficient (Wildman–Crippen LogP) is 10.9. The van der Waals surface area contributed by atoms with Crippen molar-refractivity contribution in [3.05, 3.63) is 131 Å². The van der Waals surface area contributed by atoms with Crippen LogP contribution in [0.15, 0.2) is 103 Å². The Labute approximate surface area is 258 Å². The van der Waals surface area contributed by atoms with Crippen LogP contribution >= 0.6 is 0 Å². The summed E-state index contributed by atoms with van der Waals surface area (Å²) in [6, 6.07) is 23.5. The third-order valence-electron chi connectivity index (χ3n) is 6.80. The van der Waals surface area contributed by atoms with Gasteiger partial charge < -0.3 is 10.2 Å². The van der Waals surface area contributed by atoms with Crippen molar-refractivity contribution in [2.24, 2.45) is 0 Å². The van der Waals surface area contributed by atoms with Crippen LogP contribution < -0.4 is 10.2 Å². The molecule has 3 heteroatoms. The molecule has 0 unspecified atom stereocenters. The Morgan fingerprint density at radius 3 is 1.76 bits per heavy atom. The Bertz CT molecular complexity index is 1260. The van der Waals surface area contributed by atoms with Gasteiger partial charge in [-0.3, -0.25) is 4.79 Å². The first-order valence-corrected chi connectivity index (χ1v) is 14.9. The Morgan fingerprint density at radius 2 is 1.38 bits per heavy atom. The van der Waals surface area contributed by atoms with Gasteiger partial charge in [0.15, 0.2) is 5.78 Å². The molecule has 0 bridgehead atoms. The van der Waals surface area contributed by atoms with Gasteiger partial charge in [0.2, 0.25) is 0 Å². The highest BCUT2D eigenvalue weighted by molar-refractivity contribution is 5.93. The van der Waals surface area contributed by atoms with Crippen LogP contribution in [-0.2, 0) is 11.2 Å². The number of anilines is 2. The number of hydrogen-bond acceptors (Lipinski definition) is 3. The van der Waals surface area contributed by atoms with Gasteiger partial charge >= 0.3 is 0 Å². The van der Waals surface area contributed by atoms with E-state index >= 15 is 0 Å². The Morgan fingerprint density at radius 1 is 0.833 bits per heavy atom. The summed E-state index contributed by atoms with van der Waals surface area (Å²) in [7, 11) is 2.10. The Balaban J connectivity index is 0.000000568. The van der Waals surface area contributed by atoms with E-state index in [9.17, 15) is 4.79 Å². The summed E-state index contributed by atoms with van der Waals surface area (Å²) in [5.41, 5.74) is 12.5. The van der Waals surface area contributed by atoms with Crippen molar-refractivity contribution in [3.63, 3.8) is 0 Å². The molecule has 0 fully saturated rings. The van der Waals surface area contributed by atoms with Gasteiger partial charge in [0.1, 0.15) is 0 Å². The van der Waals surface area contributed by atoms with Crippen molar-refractivity contribution in [2.45, 2.75) is 88.5 Å². The standard InChI is InChI=1S/C15H17N.C10H14.C9H16O.C5H9N/c1-3-13-8-7-11-15(12-13)16(2)14-9-5-4-6-10-14;1-7-5-8(2)10(4)9(3)6-7;1-5-6-9(7(2)3)8(4)10;1-4-6-5(2)3/h4-12H,3H2,1-2H3;5-6H,1-4H3;5-6H2,1-4H3;4,6H,1-2H2,3H3. The first kappa shape index (κ1) is 38.1. The van der Waals surface area contributed by atoms with E-state index < -0.39 is 0 Å². The van der Waals surface area contributed by atoms with E-state index in [4.69, 9.17) is 0 Å². The fourth-order valence-corrected chi connectivity index (χ4v) is 4.24. The third-order valence-corrected chi connectivity index (χ3v) is 6.80. The first-order chi connectivity index (χ1) is 19.8. The largest absolute Gasteiger partial charge is 0.366 e. The van der Waals surface area contributed by atoms with Crippen molar-refractivity contribution in [1.82, 2.24) is 5.32 Å². The second-order valence-corrected chi connectivity index (χ2v) is 10.9. The normalized spacial score (nSPS) is 9.40. The molecule has 0 aliphatic carbocycles. The van der Waals surface area contributed by atoms with Crippen LogP contribution in [0.3, 0.4) is 0 Å². The number of carbonyl (C=O) groups is 1. The average Bonchev–Trinajstić information content (AvgIpc) is 2.95. The summed E-state index contributed by atoms with van der Waals surface area (Å²) in [5, 5.41) is 2.78. The van der Waals surface area contributed by atoms with Crippen LogP contribution in [-0.4, -0.2) is 12.8 Å². The number of aryl methyl sites for hydroxylation is 4. The molecule has 0 heterocycles. The highest BCUT2D eigenvalue weighted by Gasteiger charge is 2.04. The number of benzene rings is 3. The van der Waals surface area contributed by atoms with E-state index in [-0.39, 0.29) is 5.78 Å². The van der Waals surface area contributed by atoms with Crippen molar-refractivity contribution in [3.8, 4) is 0 Å². The smallest absolute Gasteiger partial charge is 0.155 e. The molecular weight excluding hydrogens is 512 g/mol. The lowest BCUT2D eigenvalue weighted by Gasteiger charge is -2.20. The molecule has 0 saturated carbocycles. The minimum Gasteiger partial charge on any atom is -0.366 e. The quantitative estimate of drug-likeness (QED) is 0.274. The zero-order valence-corrected chi connectivity index (χ0v) is 28.3. The molecule has 3 rings (SSSR count). The maximum atomic E-state index is 10.9. The SMILES string of the molecule is C=CNC(=C)C.CCCC(C(C)=O)=C(C)C.CCc1cccc(N(C)c2ccccc2)c1.Cc1cc(C)c(C)c(C)c1. The second kappa shape index (κ2) is 20.9. The van der Waals surface area contributed by atoms with Crippen LogP contribution in [0.25, 0.3) is 0 Å². The molecule has 1 N–H and O–H groups in total. The average molecular weight is 569 g/mol. The number of hydrogen-bond donors (Lipinski definition) is 1. The lowest BCUT2D eigenvalue weighted by molar-refractivity contribution is -0.113. The molecule has 0 aliphatic heterocycles. The highest BCUT2D eigenvalue weighted by atomic mass is 16.1. The summed E-state index contributed by atoms with van der Waals surface area (Å²) in [6.45, 7) is 27.4. The van der Waals surface area contributed by atoms with Gasteiger partial charge in [-0.15, -0.1) is 0 Å². The maximum Gasteiger partial charge on any atom is 0.155 e. The van der Waals surface area contributed by atoms with Gasteiger partial charge in [0.05, 0.1) is 0 Å². The Hall–Kier alpha value is -3.85. The van der Waals surface area contributed by atoms with E-state index in [1.54, 1.807) is 13.1 Å². The number of para-hydroxylation sites is 1. The molecular formula is C39H56N2O. The number of carbonyl (C=O) groups excluding carboxylic acids is 1. The molecule has 0 amide bonds. The zero-order chi connectivity index (χ0) is 32.2. The van der Waals surface area contributed by atoms with Crippen molar-refractivity contribution in [1.29, 1.82) is 0 Å². The third kappa shape index (κ3) is 15.2. The van der Waals surface area contributed by atoms with Gasteiger partial charge in [0, 0.05) is 24.1 Å². The van der Waals surface area contributed by atoms with Crippen LogP contribution in [0.2, 0.25) is 0 Å². The molecule has 3 aromatic carbocycles. The number of rotatable bonds is 8. The fraction of sp³-hybridized carbons (Fsp3) is 0.359. The summed E-state index contributed by atoms with van der Waals surface area (Å²) < 4.78 is 0. The van der Waals surface area contributed by atoms with E-state index in [0.717, 1.165) is 36.1 Å². The molecule has 0 saturated heterocycles. The van der Waals surface area contributed by atoms with Crippen molar-refractivity contribution >= 4 is 17.2 Å². The summed E-state index contributed by atoms with van der Waals surface area (Å²) >= 11 is 0. The van der Waals surface area contributed by atoms with Crippen LogP contribution in [0, 0.1) is 27.7 Å². The summed E-state index contributed by atoms with van der Waals surface area (Å²) in [4.78, 5) is 13.1. The van der Waals surface area contributed by atoms with Crippen LogP contribution in [0.4, 0.5) is 11.4 Å². The molecule has 0 radical (unpaired) electrons. The maximum absolute atomic E-state index is 10.9. The molecule has 0 aliphatic rings. The number of Topliss-reactive ketones (excluding diaryl/α,β-unsaturated/α-hetero) is 1. The van der Waals surface area contributed by atoms with Gasteiger partial charge in [-0.1, -0.05) is 87.0 Å². The topological polar surface area (TPSA) is 32.3 Å². The summed E-state index contributed by atoms with van der Waals surface area (Å²) in [5.74, 6) is 0.224. The highest BCUT2D eigenvalue weighted by Crippen LogP contribution is 2.23. The van der Waals surface area contributed by atoms with E-state index in [2.05, 4.69) is 133 Å². The number of nitrogens with zero attached hydrogens (tertiary/aromatic N) is 1. The molecule has 228 valence electrons. The van der Waals surface area contributed by atoms with Gasteiger partial charge in [-0.25, -0.2) is 0 Å². The Kier molecular flexibility index (Phi) is 19.0. The zero-order valence-electron chi connectivity index (χ0n) is 28.3. The van der Waals surface area contributed by atoms with Gasteiger partial charge in [0.25, 0.3) is 0 Å². The van der Waals surface area contributed by atoms with E-state index in [1.807, 2.05) is 26.8 Å². The van der Waals surface area contributed by atoms with Crippen LogP contribution in [0.1, 0.15) is 82.2 Å². The molecule has 42 heavy (non-hydrogen) atoms. The van der Waals surface area contributed by atoms with Crippen molar-refractivity contribution in [2.75, 3.05) is 11.9 Å². The lowest BCUT2D eigenvalue weighted by Crippen LogP contribution is -2.09. The van der Waals surface area contributed by atoms with Crippen molar-refractivity contribution < 1.29 is 4.79 Å². The van der Waals surface area contributed by atoms with Gasteiger partial charge in [-0.2, -0.15) is 0 Å². The molecule has 0 spiro atoms.